The second-order valence-electron chi connectivity index (χ2n) is 8.50. The van der Waals surface area contributed by atoms with Crippen LogP contribution in [0.15, 0.2) is 48.0 Å². The Morgan fingerprint density at radius 2 is 2.00 bits per heavy atom. The first kappa shape index (κ1) is 23.2. The van der Waals surface area contributed by atoms with Gasteiger partial charge in [-0.05, 0) is 36.3 Å². The van der Waals surface area contributed by atoms with E-state index in [2.05, 4.69) is 19.9 Å². The van der Waals surface area contributed by atoms with Crippen LogP contribution < -0.4 is 15.4 Å². The minimum Gasteiger partial charge on any atom is -0.480 e. The summed E-state index contributed by atoms with van der Waals surface area (Å²) in [5.74, 6) is 0.457. The molecule has 2 aromatic heterocycles. The number of hydrogen-bond donors (Lipinski definition) is 1. The number of ether oxygens (including phenoxy) is 1. The molecule has 2 N–H and O–H groups in total. The van der Waals surface area contributed by atoms with Gasteiger partial charge in [0.1, 0.15) is 17.1 Å². The Balaban J connectivity index is 1.53. The minimum atomic E-state index is -0.937. The molecule has 8 nitrogen and oxygen atoms in total. The third-order valence-corrected chi connectivity index (χ3v) is 7.13. The maximum Gasteiger partial charge on any atom is 0.232 e. The Bertz CT molecular complexity index is 1300. The van der Waals surface area contributed by atoms with E-state index >= 15 is 4.39 Å². The van der Waals surface area contributed by atoms with Crippen LogP contribution in [0.5, 0.6) is 5.88 Å². The number of amidine groups is 1. The zero-order valence-electron chi connectivity index (χ0n) is 19.2. The van der Waals surface area contributed by atoms with Gasteiger partial charge in [0, 0.05) is 36.2 Å². The summed E-state index contributed by atoms with van der Waals surface area (Å²) in [6.45, 7) is 2.88. The minimum absolute atomic E-state index is 0.0317. The lowest BCUT2D eigenvalue weighted by molar-refractivity contribution is 0.370. The largest absolute Gasteiger partial charge is 0.480 e. The summed E-state index contributed by atoms with van der Waals surface area (Å²) in [6.07, 6.45) is 7.41. The predicted octanol–water partition coefficient (Wildman–Crippen LogP) is 3.58. The van der Waals surface area contributed by atoms with Crippen molar-refractivity contribution in [2.24, 2.45) is 16.6 Å². The van der Waals surface area contributed by atoms with Crippen molar-refractivity contribution in [2.45, 2.75) is 12.5 Å². The van der Waals surface area contributed by atoms with Gasteiger partial charge >= 0.3 is 0 Å². The third kappa shape index (κ3) is 4.43. The smallest absolute Gasteiger partial charge is 0.232 e. The van der Waals surface area contributed by atoms with Crippen molar-refractivity contribution in [1.82, 2.24) is 19.9 Å². The molecule has 4 heterocycles. The molecule has 2 aliphatic heterocycles. The zero-order valence-corrected chi connectivity index (χ0v) is 20.0. The van der Waals surface area contributed by atoms with Crippen LogP contribution in [0.25, 0.3) is 11.9 Å². The molecule has 0 unspecified atom stereocenters. The topological polar surface area (TPSA) is 102 Å². The van der Waals surface area contributed by atoms with Crippen LogP contribution in [0, 0.1) is 18.7 Å². The molecule has 3 aromatic rings. The van der Waals surface area contributed by atoms with Crippen LogP contribution in [-0.4, -0.2) is 51.1 Å². The molecule has 11 heteroatoms. The number of anilines is 1. The van der Waals surface area contributed by atoms with Crippen LogP contribution in [0.1, 0.15) is 22.4 Å². The van der Waals surface area contributed by atoms with E-state index in [9.17, 15) is 4.39 Å². The summed E-state index contributed by atoms with van der Waals surface area (Å²) in [5.41, 5.74) is 7.03. The van der Waals surface area contributed by atoms with E-state index in [0.29, 0.717) is 41.1 Å². The normalized spacial score (nSPS) is 22.1. The van der Waals surface area contributed by atoms with Crippen molar-refractivity contribution < 1.29 is 13.5 Å². The van der Waals surface area contributed by atoms with Gasteiger partial charge < -0.3 is 15.4 Å². The quantitative estimate of drug-likeness (QED) is 0.573. The number of halogens is 2. The molecule has 180 valence electrons. The molecular weight excluding hydrogens is 472 g/mol. The fourth-order valence-electron chi connectivity index (χ4n) is 4.43. The number of rotatable bonds is 5. The highest BCUT2D eigenvalue weighted by atomic mass is 32.2. The lowest BCUT2D eigenvalue weighted by atomic mass is 9.81. The van der Waals surface area contributed by atoms with Crippen molar-refractivity contribution in [3.63, 3.8) is 0 Å². The molecule has 0 amide bonds. The van der Waals surface area contributed by atoms with Gasteiger partial charge in [0.25, 0.3) is 0 Å². The van der Waals surface area contributed by atoms with Gasteiger partial charge in [0.2, 0.25) is 11.8 Å². The van der Waals surface area contributed by atoms with E-state index in [1.165, 1.54) is 49.5 Å². The van der Waals surface area contributed by atoms with Crippen LogP contribution >= 0.6 is 11.8 Å². The van der Waals surface area contributed by atoms with Crippen molar-refractivity contribution in [3.05, 3.63) is 71.2 Å². The van der Waals surface area contributed by atoms with E-state index in [0.717, 1.165) is 5.56 Å². The van der Waals surface area contributed by atoms with Gasteiger partial charge in [-0.1, -0.05) is 17.8 Å². The number of thioether (sulfide) groups is 1. The lowest BCUT2D eigenvalue weighted by Gasteiger charge is -2.35. The highest BCUT2D eigenvalue weighted by molar-refractivity contribution is 8.13. The molecular formula is C24H23F2N7OS. The summed E-state index contributed by atoms with van der Waals surface area (Å²) >= 11 is 1.45. The first-order chi connectivity index (χ1) is 16.9. The van der Waals surface area contributed by atoms with Crippen LogP contribution in [-0.2, 0) is 5.54 Å². The molecule has 0 radical (unpaired) electrons. The maximum atomic E-state index is 15.3. The molecule has 0 bridgehead atoms. The first-order valence-corrected chi connectivity index (χ1v) is 11.9. The number of hydrogen-bond acceptors (Lipinski definition) is 9. The number of nitrogens with two attached hydrogens (primary N) is 1. The molecule has 1 fully saturated rings. The van der Waals surface area contributed by atoms with Crippen molar-refractivity contribution in [1.29, 1.82) is 0 Å². The summed E-state index contributed by atoms with van der Waals surface area (Å²) in [7, 11) is 1.46. The highest BCUT2D eigenvalue weighted by Gasteiger charge is 2.52. The van der Waals surface area contributed by atoms with Crippen LogP contribution in [0.4, 0.5) is 14.7 Å². The number of methoxy groups -OCH3 is 1. The first-order valence-electron chi connectivity index (χ1n) is 10.9. The van der Waals surface area contributed by atoms with E-state index in [-0.39, 0.29) is 17.5 Å². The van der Waals surface area contributed by atoms with Crippen molar-refractivity contribution in [2.75, 3.05) is 30.9 Å². The highest BCUT2D eigenvalue weighted by Crippen LogP contribution is 2.47. The van der Waals surface area contributed by atoms with Crippen molar-refractivity contribution in [3.8, 4) is 5.88 Å². The molecule has 5 rings (SSSR count). The average Bonchev–Trinajstić information content (AvgIpc) is 3.25. The Hall–Kier alpha value is -3.60. The standard InChI is InChI=1S/C24H23F2N7OS/c1-14-7-30-23(31-8-14)33-11-16-12-35-22(27)32-24(16,13-33)17-5-15(3-4-18(17)25)6-19(26)20-9-29-21(34-2)10-28-20/h3-10,16H,11-13H2,1-2H3,(H2,27,32)/b19-6-/t16-,24-/m0/s1. The molecule has 0 aliphatic carbocycles. The second-order valence-corrected chi connectivity index (χ2v) is 9.54. The van der Waals surface area contributed by atoms with Crippen LogP contribution in [0.2, 0.25) is 0 Å². The molecule has 1 aromatic carbocycles. The van der Waals surface area contributed by atoms with Gasteiger partial charge in [-0.15, -0.1) is 0 Å². The summed E-state index contributed by atoms with van der Waals surface area (Å²) in [4.78, 5) is 23.7. The Labute approximate surface area is 205 Å². The van der Waals surface area contributed by atoms with Gasteiger partial charge in [0.05, 0.1) is 26.0 Å². The molecule has 2 atom stereocenters. The van der Waals surface area contributed by atoms with Gasteiger partial charge in [-0.3, -0.25) is 0 Å². The van der Waals surface area contributed by atoms with Gasteiger partial charge in [-0.25, -0.2) is 33.7 Å². The Morgan fingerprint density at radius 3 is 2.71 bits per heavy atom. The molecule has 0 saturated carbocycles. The molecule has 1 saturated heterocycles. The number of nitrogens with zero attached hydrogens (tertiary/aromatic N) is 6. The van der Waals surface area contributed by atoms with E-state index in [1.807, 2.05) is 11.8 Å². The number of aliphatic imine (C=N–C) groups is 1. The maximum absolute atomic E-state index is 15.3. The summed E-state index contributed by atoms with van der Waals surface area (Å²) < 4.78 is 35.2. The third-order valence-electron chi connectivity index (χ3n) is 6.17. The monoisotopic (exact) mass is 495 g/mol. The fraction of sp³-hybridized carbons (Fsp3) is 0.292. The Kier molecular flexibility index (Phi) is 6.10. The molecule has 35 heavy (non-hydrogen) atoms. The average molecular weight is 496 g/mol. The molecule has 2 aliphatic rings. The molecule has 0 spiro atoms. The van der Waals surface area contributed by atoms with Gasteiger partial charge in [-0.2, -0.15) is 0 Å². The van der Waals surface area contributed by atoms with Crippen molar-refractivity contribution >= 4 is 34.8 Å². The van der Waals surface area contributed by atoms with E-state index in [1.54, 1.807) is 18.5 Å². The fourth-order valence-corrected chi connectivity index (χ4v) is 5.41. The Morgan fingerprint density at radius 1 is 1.20 bits per heavy atom. The summed E-state index contributed by atoms with van der Waals surface area (Å²) in [5, 5.41) is 0.396. The van der Waals surface area contributed by atoms with E-state index < -0.39 is 17.2 Å². The summed E-state index contributed by atoms with van der Waals surface area (Å²) in [6, 6.07) is 4.48. The number of aryl methyl sites for hydroxylation is 1. The predicted molar refractivity (Wildman–Crippen MR) is 132 cm³/mol. The lowest BCUT2D eigenvalue weighted by Crippen LogP contribution is -2.40. The number of aromatic nitrogens is 4. The van der Waals surface area contributed by atoms with E-state index in [4.69, 9.17) is 15.5 Å². The van der Waals surface area contributed by atoms with Crippen LogP contribution in [0.3, 0.4) is 0 Å². The SMILES string of the molecule is COc1cnc(/C(F)=C/c2ccc(F)c([C@]34CN(c5ncc(C)cn5)C[C@H]3CSC(N)=N4)c2)cn1. The number of benzene rings is 1. The zero-order chi connectivity index (χ0) is 24.6. The second kappa shape index (κ2) is 9.21. The number of fused-ring (bicyclic) bond motifs is 1. The van der Waals surface area contributed by atoms with Gasteiger partial charge in [0.15, 0.2) is 11.0 Å².